The molecule has 12 heavy (non-hydrogen) atoms. The average molecular weight is 176 g/mol. The van der Waals surface area contributed by atoms with E-state index in [1.54, 1.807) is 11.8 Å². The van der Waals surface area contributed by atoms with Crippen molar-refractivity contribution >= 4 is 11.8 Å². The lowest BCUT2D eigenvalue weighted by Gasteiger charge is -2.02. The summed E-state index contributed by atoms with van der Waals surface area (Å²) in [6, 6.07) is 6.43. The van der Waals surface area contributed by atoms with E-state index in [2.05, 4.69) is 38.0 Å². The quantitative estimate of drug-likeness (QED) is 0.493. The predicted molar refractivity (Wildman–Crippen MR) is 55.5 cm³/mol. The summed E-state index contributed by atoms with van der Waals surface area (Å²) in [7, 11) is 0. The van der Waals surface area contributed by atoms with Crippen LogP contribution in [0.4, 0.5) is 0 Å². The molecule has 1 heteroatoms. The topological polar surface area (TPSA) is 0 Å². The summed E-state index contributed by atoms with van der Waals surface area (Å²) in [5, 5.41) is 0. The van der Waals surface area contributed by atoms with Gasteiger partial charge >= 0.3 is 0 Å². The molecule has 0 aliphatic rings. The first-order valence-electron chi connectivity index (χ1n) is 3.87. The van der Waals surface area contributed by atoms with Crippen molar-refractivity contribution in [1.29, 1.82) is 0 Å². The molecule has 0 N–H and O–H groups in total. The molecule has 0 saturated carbocycles. The van der Waals surface area contributed by atoms with Gasteiger partial charge in [0.05, 0.1) is 5.75 Å². The highest BCUT2D eigenvalue weighted by Gasteiger charge is 1.95. The molecule has 0 bridgehead atoms. The van der Waals surface area contributed by atoms with Crippen LogP contribution < -0.4 is 0 Å². The zero-order chi connectivity index (χ0) is 8.97. The lowest BCUT2D eigenvalue weighted by molar-refractivity contribution is 1.28. The fourth-order valence-electron chi connectivity index (χ4n) is 0.929. The third kappa shape index (κ3) is 2.32. The molecular formula is C11H12S. The van der Waals surface area contributed by atoms with E-state index in [0.29, 0.717) is 0 Å². The maximum Gasteiger partial charge on any atom is 0.0592 e. The zero-order valence-corrected chi connectivity index (χ0v) is 8.24. The largest absolute Gasteiger partial charge is 0.119 e. The van der Waals surface area contributed by atoms with Gasteiger partial charge in [-0.25, -0.2) is 0 Å². The van der Waals surface area contributed by atoms with E-state index in [-0.39, 0.29) is 0 Å². The Morgan fingerprint density at radius 3 is 2.67 bits per heavy atom. The van der Waals surface area contributed by atoms with Gasteiger partial charge in [-0.2, -0.15) is 0 Å². The van der Waals surface area contributed by atoms with E-state index >= 15 is 0 Å². The first kappa shape index (κ1) is 9.22. The predicted octanol–water partition coefficient (Wildman–Crippen LogP) is 3.03. The Morgan fingerprint density at radius 1 is 1.33 bits per heavy atom. The van der Waals surface area contributed by atoms with Crippen LogP contribution in [-0.4, -0.2) is 5.75 Å². The van der Waals surface area contributed by atoms with Crippen LogP contribution in [-0.2, 0) is 0 Å². The lowest BCUT2D eigenvalue weighted by atomic mass is 10.1. The summed E-state index contributed by atoms with van der Waals surface area (Å²) in [5.41, 5.74) is 2.66. The highest BCUT2D eigenvalue weighted by atomic mass is 32.2. The molecule has 0 nitrogen and oxygen atoms in total. The van der Waals surface area contributed by atoms with Crippen molar-refractivity contribution in [2.75, 3.05) is 5.75 Å². The Balaban J connectivity index is 2.77. The summed E-state index contributed by atoms with van der Waals surface area (Å²) in [5.74, 6) is 3.37. The molecule has 0 fully saturated rings. The van der Waals surface area contributed by atoms with Crippen molar-refractivity contribution in [1.82, 2.24) is 0 Å². The average Bonchev–Trinajstić information content (AvgIpc) is 2.07. The Kier molecular flexibility index (Phi) is 3.25. The minimum atomic E-state index is 0.752. The van der Waals surface area contributed by atoms with Gasteiger partial charge < -0.3 is 0 Å². The number of rotatable bonds is 2. The molecular weight excluding hydrogens is 164 g/mol. The van der Waals surface area contributed by atoms with E-state index in [0.717, 1.165) is 5.75 Å². The van der Waals surface area contributed by atoms with E-state index in [1.807, 2.05) is 0 Å². The van der Waals surface area contributed by atoms with Crippen LogP contribution in [0, 0.1) is 26.2 Å². The van der Waals surface area contributed by atoms with Gasteiger partial charge in [0.15, 0.2) is 0 Å². The molecule has 0 aromatic heterocycles. The van der Waals surface area contributed by atoms with Crippen molar-refractivity contribution in [2.24, 2.45) is 0 Å². The number of terminal acetylenes is 1. The van der Waals surface area contributed by atoms with Gasteiger partial charge in [0.2, 0.25) is 0 Å². The fraction of sp³-hybridized carbons (Fsp3) is 0.273. The Labute approximate surface area is 78.4 Å². The molecule has 0 heterocycles. The van der Waals surface area contributed by atoms with Crippen molar-refractivity contribution in [2.45, 2.75) is 18.7 Å². The van der Waals surface area contributed by atoms with E-state index in [4.69, 9.17) is 6.42 Å². The van der Waals surface area contributed by atoms with Crippen LogP contribution in [0.5, 0.6) is 0 Å². The van der Waals surface area contributed by atoms with Crippen LogP contribution >= 0.6 is 11.8 Å². The van der Waals surface area contributed by atoms with Crippen LogP contribution in [0.25, 0.3) is 0 Å². The van der Waals surface area contributed by atoms with Gasteiger partial charge in [-0.05, 0) is 37.1 Å². The molecule has 1 rings (SSSR count). The maximum atomic E-state index is 5.17. The van der Waals surface area contributed by atoms with Gasteiger partial charge in [-0.3, -0.25) is 0 Å². The van der Waals surface area contributed by atoms with Crippen molar-refractivity contribution in [3.63, 3.8) is 0 Å². The highest BCUT2D eigenvalue weighted by Crippen LogP contribution is 2.20. The number of aryl methyl sites for hydroxylation is 2. The molecule has 62 valence electrons. The summed E-state index contributed by atoms with van der Waals surface area (Å²) in [6.07, 6.45) is 5.17. The summed E-state index contributed by atoms with van der Waals surface area (Å²) >= 11 is 1.71. The SMILES string of the molecule is C#CCSc1ccc(C)c(C)c1. The Bertz CT molecular complexity index is 307. The fourth-order valence-corrected chi connectivity index (χ4v) is 1.60. The van der Waals surface area contributed by atoms with Gasteiger partial charge in [0.1, 0.15) is 0 Å². The van der Waals surface area contributed by atoms with Crippen LogP contribution in [0.1, 0.15) is 11.1 Å². The highest BCUT2D eigenvalue weighted by molar-refractivity contribution is 7.99. The molecule has 0 radical (unpaired) electrons. The second-order valence-corrected chi connectivity index (χ2v) is 3.79. The van der Waals surface area contributed by atoms with Crippen molar-refractivity contribution in [3.8, 4) is 12.3 Å². The van der Waals surface area contributed by atoms with Crippen LogP contribution in [0.2, 0.25) is 0 Å². The molecule has 0 aliphatic heterocycles. The minimum absolute atomic E-state index is 0.752. The van der Waals surface area contributed by atoms with Crippen LogP contribution in [0.3, 0.4) is 0 Å². The molecule has 0 saturated heterocycles. The van der Waals surface area contributed by atoms with Gasteiger partial charge in [0, 0.05) is 4.90 Å². The van der Waals surface area contributed by atoms with Gasteiger partial charge in [-0.1, -0.05) is 12.0 Å². The summed E-state index contributed by atoms with van der Waals surface area (Å²) < 4.78 is 0. The lowest BCUT2D eigenvalue weighted by Crippen LogP contribution is -1.81. The first-order valence-corrected chi connectivity index (χ1v) is 4.86. The number of benzene rings is 1. The van der Waals surface area contributed by atoms with Crippen molar-refractivity contribution in [3.05, 3.63) is 29.3 Å². The third-order valence-electron chi connectivity index (χ3n) is 1.80. The third-order valence-corrected chi connectivity index (χ3v) is 2.70. The molecule has 0 amide bonds. The van der Waals surface area contributed by atoms with Gasteiger partial charge in [-0.15, -0.1) is 18.2 Å². The molecule has 1 aromatic carbocycles. The number of thioether (sulfide) groups is 1. The summed E-state index contributed by atoms with van der Waals surface area (Å²) in [6.45, 7) is 4.24. The summed E-state index contributed by atoms with van der Waals surface area (Å²) in [4.78, 5) is 1.26. The maximum absolute atomic E-state index is 5.17. The zero-order valence-electron chi connectivity index (χ0n) is 7.42. The normalized spacial score (nSPS) is 9.42. The molecule has 0 atom stereocenters. The molecule has 1 aromatic rings. The first-order chi connectivity index (χ1) is 5.74. The Hall–Kier alpha value is -0.870. The van der Waals surface area contributed by atoms with E-state index in [1.165, 1.54) is 16.0 Å². The number of hydrogen-bond acceptors (Lipinski definition) is 1. The monoisotopic (exact) mass is 176 g/mol. The second kappa shape index (κ2) is 4.23. The number of hydrogen-bond donors (Lipinski definition) is 0. The van der Waals surface area contributed by atoms with Gasteiger partial charge in [0.25, 0.3) is 0 Å². The smallest absolute Gasteiger partial charge is 0.0592 e. The van der Waals surface area contributed by atoms with E-state index in [9.17, 15) is 0 Å². The molecule has 0 unspecified atom stereocenters. The van der Waals surface area contributed by atoms with E-state index < -0.39 is 0 Å². The van der Waals surface area contributed by atoms with Crippen LogP contribution in [0.15, 0.2) is 23.1 Å². The Morgan fingerprint density at radius 2 is 2.08 bits per heavy atom. The second-order valence-electron chi connectivity index (χ2n) is 2.74. The minimum Gasteiger partial charge on any atom is -0.119 e. The van der Waals surface area contributed by atoms with Crippen molar-refractivity contribution < 1.29 is 0 Å². The standard InChI is InChI=1S/C11H12S/c1-4-7-12-11-6-5-9(2)10(3)8-11/h1,5-6,8H,7H2,2-3H3. The molecule has 0 spiro atoms. The molecule has 0 aliphatic carbocycles.